The summed E-state index contributed by atoms with van der Waals surface area (Å²) >= 11 is 0. The fourth-order valence-electron chi connectivity index (χ4n) is 2.53. The van der Waals surface area contributed by atoms with Crippen LogP contribution in [0.15, 0.2) is 18.2 Å². The molecule has 1 aromatic carbocycles. The zero-order valence-corrected chi connectivity index (χ0v) is 17.2. The molecule has 0 bridgehead atoms. The number of aromatic carboxylic acids is 1. The van der Waals surface area contributed by atoms with Crippen LogP contribution in [0.25, 0.3) is 0 Å². The number of carboxylic acids is 1. The number of carboxylic acid groups (broad SMARTS) is 1. The van der Waals surface area contributed by atoms with Gasteiger partial charge in [0.2, 0.25) is 0 Å². The third kappa shape index (κ3) is 9.31. The molecule has 0 aliphatic heterocycles. The fourth-order valence-corrected chi connectivity index (χ4v) is 2.53. The van der Waals surface area contributed by atoms with Crippen LogP contribution in [0.3, 0.4) is 0 Å². The van der Waals surface area contributed by atoms with Gasteiger partial charge in [0.15, 0.2) is 0 Å². The van der Waals surface area contributed by atoms with Crippen molar-refractivity contribution in [2.45, 2.75) is 71.1 Å². The minimum absolute atomic E-state index is 0. The molecule has 4 heteroatoms. The average molecular weight is 331 g/mol. The summed E-state index contributed by atoms with van der Waals surface area (Å²) in [4.78, 5) is 10.9. The van der Waals surface area contributed by atoms with Gasteiger partial charge < -0.3 is 10.2 Å². The Labute approximate surface area is 176 Å². The number of unbranched alkanes of at least 4 members (excludes halogenated alkanes) is 8. The van der Waals surface area contributed by atoms with Crippen molar-refractivity contribution in [3.8, 4) is 5.75 Å². The van der Waals surface area contributed by atoms with Crippen LogP contribution in [0.4, 0.5) is 0 Å². The Kier molecular flexibility index (Phi) is 13.6. The van der Waals surface area contributed by atoms with Gasteiger partial charge in [0, 0.05) is 0 Å². The van der Waals surface area contributed by atoms with Crippen molar-refractivity contribution in [3.63, 3.8) is 0 Å². The van der Waals surface area contributed by atoms with Crippen LogP contribution < -0.4 is 56.5 Å². The van der Waals surface area contributed by atoms with E-state index in [1.54, 1.807) is 0 Å². The predicted molar refractivity (Wildman–Crippen MR) is 83.8 cm³/mol. The van der Waals surface area contributed by atoms with E-state index in [0.717, 1.165) is 12.8 Å². The summed E-state index contributed by atoms with van der Waals surface area (Å²) in [5.41, 5.74) is 0.846. The van der Waals surface area contributed by atoms with Crippen LogP contribution in [0.2, 0.25) is 0 Å². The zero-order valence-electron chi connectivity index (χ0n) is 14.1. The molecule has 0 unspecified atom stereocenters. The molecule has 0 aromatic heterocycles. The maximum absolute atomic E-state index is 11.7. The van der Waals surface area contributed by atoms with Gasteiger partial charge in [-0.15, -0.1) is 5.75 Å². The number of hydrogen-bond acceptors (Lipinski definition) is 2. The first-order valence-corrected chi connectivity index (χ1v) is 8.18. The summed E-state index contributed by atoms with van der Waals surface area (Å²) in [5, 5.41) is 20.6. The van der Waals surface area contributed by atoms with E-state index >= 15 is 0 Å². The third-order valence-corrected chi connectivity index (χ3v) is 3.86. The van der Waals surface area contributed by atoms with Crippen molar-refractivity contribution >= 4 is 5.97 Å². The maximum atomic E-state index is 11.7. The van der Waals surface area contributed by atoms with E-state index in [2.05, 4.69) is 6.92 Å². The minimum atomic E-state index is -0.969. The van der Waals surface area contributed by atoms with Crippen molar-refractivity contribution < 1.29 is 66.4 Å². The van der Waals surface area contributed by atoms with Gasteiger partial charge in [-0.2, -0.15) is 0 Å². The molecule has 1 N–H and O–H groups in total. The summed E-state index contributed by atoms with van der Waals surface area (Å²) in [6.07, 6.45) is 11.9. The molecule has 0 spiro atoms. The molecule has 118 valence electrons. The first kappa shape index (κ1) is 22.1. The first-order chi connectivity index (χ1) is 10.1. The first-order valence-electron chi connectivity index (χ1n) is 8.18. The number of carbonyl (C=O) groups is 1. The fraction of sp³-hybridized carbons (Fsp3) is 0.611. The van der Waals surface area contributed by atoms with E-state index in [0.29, 0.717) is 12.0 Å². The molecule has 0 radical (unpaired) electrons. The molecule has 0 atom stereocenters. The van der Waals surface area contributed by atoms with Crippen LogP contribution in [0.5, 0.6) is 5.75 Å². The topological polar surface area (TPSA) is 60.4 Å². The summed E-state index contributed by atoms with van der Waals surface area (Å²) < 4.78 is 0. The summed E-state index contributed by atoms with van der Waals surface area (Å²) in [7, 11) is 0. The van der Waals surface area contributed by atoms with E-state index in [-0.39, 0.29) is 62.7 Å². The van der Waals surface area contributed by atoms with Gasteiger partial charge in [0.1, 0.15) is 0 Å². The van der Waals surface area contributed by atoms with Crippen LogP contribution in [-0.4, -0.2) is 11.1 Å². The Morgan fingerprint density at radius 2 is 1.55 bits per heavy atom. The predicted octanol–water partition coefficient (Wildman–Crippen LogP) is 1.54. The summed E-state index contributed by atoms with van der Waals surface area (Å²) in [6, 6.07) is 4.27. The van der Waals surface area contributed by atoms with Gasteiger partial charge in [-0.3, -0.25) is 0 Å². The molecule has 1 aromatic rings. The zero-order chi connectivity index (χ0) is 15.5. The normalized spacial score (nSPS) is 10.2. The molecule has 0 aliphatic rings. The summed E-state index contributed by atoms with van der Waals surface area (Å²) in [6.45, 7) is 2.23. The van der Waals surface area contributed by atoms with Gasteiger partial charge in [0.05, 0.1) is 5.56 Å². The standard InChI is InChI=1S/C18H28O3.K/c1-2-3-4-5-6-7-8-9-10-11-15-14-16(18(20)21)12-13-17(15)19;/h12-14,19H,2-11H2,1H3,(H,20,21);/q;+1/p-1. The molecule has 0 aliphatic carbocycles. The second-order valence-electron chi connectivity index (χ2n) is 5.71. The van der Waals surface area contributed by atoms with Gasteiger partial charge in [0.25, 0.3) is 0 Å². The van der Waals surface area contributed by atoms with E-state index in [9.17, 15) is 9.90 Å². The van der Waals surface area contributed by atoms with Gasteiger partial charge in [-0.25, -0.2) is 4.79 Å². The van der Waals surface area contributed by atoms with E-state index < -0.39 is 5.97 Å². The monoisotopic (exact) mass is 330 g/mol. The molecule has 0 heterocycles. The largest absolute Gasteiger partial charge is 1.00 e. The number of aryl methyl sites for hydroxylation is 1. The van der Waals surface area contributed by atoms with Crippen LogP contribution in [-0.2, 0) is 6.42 Å². The molecule has 0 fully saturated rings. The maximum Gasteiger partial charge on any atom is 1.00 e. The van der Waals surface area contributed by atoms with Crippen LogP contribution in [0, 0.1) is 0 Å². The number of rotatable bonds is 11. The van der Waals surface area contributed by atoms with Crippen LogP contribution in [0.1, 0.15) is 80.6 Å². The van der Waals surface area contributed by atoms with Crippen LogP contribution >= 0.6 is 0 Å². The smallest absolute Gasteiger partial charge is 0.872 e. The quantitative estimate of drug-likeness (QED) is 0.494. The Morgan fingerprint density at radius 1 is 1.00 bits per heavy atom. The van der Waals surface area contributed by atoms with Crippen molar-refractivity contribution in [3.05, 3.63) is 29.3 Å². The van der Waals surface area contributed by atoms with E-state index in [1.807, 2.05) is 0 Å². The second-order valence-corrected chi connectivity index (χ2v) is 5.71. The minimum Gasteiger partial charge on any atom is -0.872 e. The van der Waals surface area contributed by atoms with Crippen molar-refractivity contribution in [2.75, 3.05) is 0 Å². The second kappa shape index (κ2) is 13.6. The Hall–Kier alpha value is 0.126. The molecular formula is C18H27KO3. The van der Waals surface area contributed by atoms with E-state index in [1.165, 1.54) is 63.1 Å². The molecule has 0 saturated carbocycles. The van der Waals surface area contributed by atoms with Crippen molar-refractivity contribution in [1.82, 2.24) is 0 Å². The Balaban J connectivity index is 0.00000441. The van der Waals surface area contributed by atoms with Crippen molar-refractivity contribution in [2.24, 2.45) is 0 Å². The average Bonchev–Trinajstić information content (AvgIpc) is 2.47. The molecule has 0 amide bonds. The number of benzene rings is 1. The van der Waals surface area contributed by atoms with E-state index in [4.69, 9.17) is 5.11 Å². The van der Waals surface area contributed by atoms with Crippen molar-refractivity contribution in [1.29, 1.82) is 0 Å². The number of hydrogen-bond donors (Lipinski definition) is 1. The molecular weight excluding hydrogens is 303 g/mol. The molecule has 1 rings (SSSR count). The molecule has 0 saturated heterocycles. The Bertz CT molecular complexity index is 432. The SMILES string of the molecule is CCCCCCCCCCCc1cc(C(=O)O)ccc1[O-].[K+]. The Morgan fingerprint density at radius 3 is 2.09 bits per heavy atom. The molecule has 22 heavy (non-hydrogen) atoms. The third-order valence-electron chi connectivity index (χ3n) is 3.86. The molecule has 3 nitrogen and oxygen atoms in total. The summed E-state index contributed by atoms with van der Waals surface area (Å²) in [5.74, 6) is -1.01. The van der Waals surface area contributed by atoms with Gasteiger partial charge in [-0.05, 0) is 25.0 Å². The van der Waals surface area contributed by atoms with Gasteiger partial charge >= 0.3 is 57.4 Å². The van der Waals surface area contributed by atoms with Gasteiger partial charge in [-0.1, -0.05) is 69.9 Å².